The molecule has 0 amide bonds. The molecule has 2 aromatic heterocycles. The zero-order valence-corrected chi connectivity index (χ0v) is 11.9. The molecule has 21 heavy (non-hydrogen) atoms. The summed E-state index contributed by atoms with van der Waals surface area (Å²) in [5.41, 5.74) is 5.26. The number of aliphatic hydroxyl groups is 3. The molecule has 1 aliphatic heterocycles. The molecule has 9 nitrogen and oxygen atoms in total. The van der Waals surface area contributed by atoms with Crippen molar-refractivity contribution in [3.63, 3.8) is 0 Å². The van der Waals surface area contributed by atoms with Crippen molar-refractivity contribution in [3.05, 3.63) is 17.8 Å². The second kappa shape index (κ2) is 6.60. The van der Waals surface area contributed by atoms with E-state index in [2.05, 4.69) is 20.7 Å². The van der Waals surface area contributed by atoms with Crippen LogP contribution in [-0.4, -0.2) is 66.8 Å². The van der Waals surface area contributed by atoms with Gasteiger partial charge in [0.2, 0.25) is 0 Å². The highest BCUT2D eigenvalue weighted by Crippen LogP contribution is 2.31. The second-order valence-electron chi connectivity index (χ2n) is 4.22. The Balaban J connectivity index is 0.000000774. The van der Waals surface area contributed by atoms with Crippen LogP contribution in [0.3, 0.4) is 0 Å². The fraction of sp³-hybridized carbons (Fsp3) is 0.545. The number of aromatic nitrogens is 4. The van der Waals surface area contributed by atoms with Crippen LogP contribution in [0.15, 0.2) is 12.7 Å². The number of fused-ring (bicyclic) bond motifs is 1. The van der Waals surface area contributed by atoms with E-state index in [1.165, 1.54) is 24.3 Å². The molecule has 0 spiro atoms. The number of hydrogen-bond acceptors (Lipinski definition) is 8. The average molecular weight is 318 g/mol. The van der Waals surface area contributed by atoms with Crippen molar-refractivity contribution < 1.29 is 20.1 Å². The largest absolute Gasteiger partial charge is 0.394 e. The van der Waals surface area contributed by atoms with Gasteiger partial charge in [0.1, 0.15) is 30.2 Å². The van der Waals surface area contributed by atoms with E-state index < -0.39 is 31.1 Å². The van der Waals surface area contributed by atoms with E-state index in [1.54, 1.807) is 0 Å². The van der Waals surface area contributed by atoms with Crippen LogP contribution >= 0.6 is 11.6 Å². The Labute approximate surface area is 125 Å². The van der Waals surface area contributed by atoms with Crippen LogP contribution in [0, 0.1) is 0 Å². The lowest BCUT2D eigenvalue weighted by molar-refractivity contribution is -0.0511. The molecule has 1 fully saturated rings. The molecule has 0 radical (unpaired) electrons. The lowest BCUT2D eigenvalue weighted by atomic mass is 10.1. The molecule has 2 aromatic rings. The minimum absolute atomic E-state index is 0.190. The summed E-state index contributed by atoms with van der Waals surface area (Å²) in [6.45, 7) is -0.392. The van der Waals surface area contributed by atoms with E-state index in [-0.39, 0.29) is 5.15 Å². The van der Waals surface area contributed by atoms with Gasteiger partial charge < -0.3 is 25.8 Å². The Morgan fingerprint density at radius 2 is 2.00 bits per heavy atom. The first-order valence-electron chi connectivity index (χ1n) is 6.16. The van der Waals surface area contributed by atoms with E-state index in [0.29, 0.717) is 11.2 Å². The number of ether oxygens (including phenoxy) is 1. The zero-order chi connectivity index (χ0) is 15.6. The van der Waals surface area contributed by atoms with Crippen molar-refractivity contribution in [2.45, 2.75) is 24.5 Å². The van der Waals surface area contributed by atoms with Crippen LogP contribution in [0.25, 0.3) is 11.2 Å². The predicted octanol–water partition coefficient (Wildman–Crippen LogP) is -1.33. The standard InChI is InChI=1S/C10H11ClN4O4.CH5N/c11-8-5-9(13-2-12-8)15(3-14-5)10-7(18)6(17)4(1-16)19-10;1-2/h2-4,6-7,10,16-18H,1H2;2H2,1H3/t4?,6-,7-,10?;/m1./s1. The Hall–Kier alpha value is -1.36. The van der Waals surface area contributed by atoms with E-state index in [9.17, 15) is 10.2 Å². The third-order valence-electron chi connectivity index (χ3n) is 3.11. The van der Waals surface area contributed by atoms with E-state index in [1.807, 2.05) is 0 Å². The summed E-state index contributed by atoms with van der Waals surface area (Å²) in [6, 6.07) is 0. The topological polar surface area (TPSA) is 140 Å². The van der Waals surface area contributed by atoms with Crippen LogP contribution in [-0.2, 0) is 4.74 Å². The second-order valence-corrected chi connectivity index (χ2v) is 4.58. The smallest absolute Gasteiger partial charge is 0.167 e. The maximum Gasteiger partial charge on any atom is 0.167 e. The molecule has 0 aromatic carbocycles. The molecule has 3 rings (SSSR count). The highest BCUT2D eigenvalue weighted by molar-refractivity contribution is 6.33. The Bertz CT molecular complexity index is 609. The third kappa shape index (κ3) is 2.71. The van der Waals surface area contributed by atoms with Crippen LogP contribution < -0.4 is 5.73 Å². The van der Waals surface area contributed by atoms with Crippen molar-refractivity contribution in [2.75, 3.05) is 13.7 Å². The maximum absolute atomic E-state index is 9.95. The number of imidazole rings is 1. The summed E-state index contributed by atoms with van der Waals surface area (Å²) in [5, 5.41) is 28.9. The van der Waals surface area contributed by atoms with Gasteiger partial charge >= 0.3 is 0 Å². The summed E-state index contributed by atoms with van der Waals surface area (Å²) in [5.74, 6) is 0. The zero-order valence-electron chi connectivity index (χ0n) is 11.2. The van der Waals surface area contributed by atoms with Crippen molar-refractivity contribution >= 4 is 22.8 Å². The summed E-state index contributed by atoms with van der Waals surface area (Å²) < 4.78 is 6.85. The normalized spacial score (nSPS) is 28.5. The Morgan fingerprint density at radius 3 is 2.62 bits per heavy atom. The lowest BCUT2D eigenvalue weighted by Gasteiger charge is -2.16. The molecule has 4 atom stereocenters. The van der Waals surface area contributed by atoms with Gasteiger partial charge in [0.15, 0.2) is 17.0 Å². The number of nitrogens with two attached hydrogens (primary N) is 1. The quantitative estimate of drug-likeness (QED) is 0.499. The molecule has 116 valence electrons. The number of halogens is 1. The number of hydrogen-bond donors (Lipinski definition) is 4. The first-order chi connectivity index (χ1) is 10.1. The molecular weight excluding hydrogens is 302 g/mol. The molecule has 0 aliphatic carbocycles. The Kier molecular flexibility index (Phi) is 5.04. The van der Waals surface area contributed by atoms with Gasteiger partial charge in [0, 0.05) is 0 Å². The third-order valence-corrected chi connectivity index (χ3v) is 3.38. The summed E-state index contributed by atoms with van der Waals surface area (Å²) >= 11 is 5.88. The fourth-order valence-electron chi connectivity index (χ4n) is 2.12. The summed E-state index contributed by atoms with van der Waals surface area (Å²) in [4.78, 5) is 11.9. The molecule has 1 saturated heterocycles. The van der Waals surface area contributed by atoms with Gasteiger partial charge in [-0.1, -0.05) is 11.6 Å². The first kappa shape index (κ1) is 16.0. The van der Waals surface area contributed by atoms with Gasteiger partial charge in [0.25, 0.3) is 0 Å². The molecule has 0 bridgehead atoms. The van der Waals surface area contributed by atoms with Crippen molar-refractivity contribution in [1.29, 1.82) is 0 Å². The molecule has 5 N–H and O–H groups in total. The summed E-state index contributed by atoms with van der Waals surface area (Å²) in [6.07, 6.45) is -1.44. The fourth-order valence-corrected chi connectivity index (χ4v) is 2.30. The van der Waals surface area contributed by atoms with Gasteiger partial charge in [-0.25, -0.2) is 15.0 Å². The molecule has 0 saturated carbocycles. The van der Waals surface area contributed by atoms with Crippen molar-refractivity contribution in [1.82, 2.24) is 19.5 Å². The van der Waals surface area contributed by atoms with Gasteiger partial charge in [-0.3, -0.25) is 4.57 Å². The van der Waals surface area contributed by atoms with Crippen LogP contribution in [0.2, 0.25) is 5.15 Å². The van der Waals surface area contributed by atoms with Crippen molar-refractivity contribution in [2.24, 2.45) is 5.73 Å². The minimum atomic E-state index is -1.19. The maximum atomic E-state index is 9.95. The molecule has 2 unspecified atom stereocenters. The lowest BCUT2D eigenvalue weighted by Crippen LogP contribution is -2.33. The summed E-state index contributed by atoms with van der Waals surface area (Å²) in [7, 11) is 1.50. The highest BCUT2D eigenvalue weighted by Gasteiger charge is 2.43. The van der Waals surface area contributed by atoms with E-state index >= 15 is 0 Å². The van der Waals surface area contributed by atoms with E-state index in [4.69, 9.17) is 21.4 Å². The Morgan fingerprint density at radius 1 is 1.29 bits per heavy atom. The van der Waals surface area contributed by atoms with Gasteiger partial charge in [0.05, 0.1) is 12.9 Å². The minimum Gasteiger partial charge on any atom is -0.394 e. The SMILES string of the molecule is CN.OCC1OC(n2cnc3c(Cl)ncnc32)[C@H](O)[C@@H]1O. The monoisotopic (exact) mass is 317 g/mol. The highest BCUT2D eigenvalue weighted by atomic mass is 35.5. The van der Waals surface area contributed by atoms with Gasteiger partial charge in [-0.05, 0) is 7.05 Å². The van der Waals surface area contributed by atoms with E-state index in [0.717, 1.165) is 0 Å². The van der Waals surface area contributed by atoms with Gasteiger partial charge in [-0.15, -0.1) is 0 Å². The number of rotatable bonds is 2. The van der Waals surface area contributed by atoms with Gasteiger partial charge in [-0.2, -0.15) is 0 Å². The first-order valence-corrected chi connectivity index (χ1v) is 6.54. The van der Waals surface area contributed by atoms with Crippen molar-refractivity contribution in [3.8, 4) is 0 Å². The predicted molar refractivity (Wildman–Crippen MR) is 73.5 cm³/mol. The molecule has 3 heterocycles. The number of aliphatic hydroxyl groups excluding tert-OH is 3. The molecule has 10 heteroatoms. The van der Waals surface area contributed by atoms with Crippen LogP contribution in [0.4, 0.5) is 0 Å². The number of nitrogens with zero attached hydrogens (tertiary/aromatic N) is 4. The average Bonchev–Trinajstić information content (AvgIpc) is 3.05. The molecular formula is C11H16ClN5O4. The van der Waals surface area contributed by atoms with Crippen LogP contribution in [0.5, 0.6) is 0 Å². The van der Waals surface area contributed by atoms with Crippen LogP contribution in [0.1, 0.15) is 6.23 Å². The molecule has 1 aliphatic rings.